The van der Waals surface area contributed by atoms with Crippen LogP contribution in [-0.4, -0.2) is 56.5 Å². The molecule has 0 spiro atoms. The van der Waals surface area contributed by atoms with Crippen molar-refractivity contribution in [3.63, 3.8) is 0 Å². The standard InChI is InChI=1S/C20H22N6O3/c1-13(2)26-12-23-16-9-14(3-4-15(16)19(26)28)24-5-7-25(8-6-24)20(29)17-10-18(27)22-11-21-17/h3-4,9-13H,5-8H2,1-2H3,(H,21,22,27). The van der Waals surface area contributed by atoms with Gasteiger partial charge in [-0.2, -0.15) is 0 Å². The third-order valence-electron chi connectivity index (χ3n) is 5.15. The summed E-state index contributed by atoms with van der Waals surface area (Å²) in [6.45, 7) is 6.23. The molecule has 150 valence electrons. The number of amides is 1. The van der Waals surface area contributed by atoms with Gasteiger partial charge in [0, 0.05) is 44.0 Å². The van der Waals surface area contributed by atoms with Crippen molar-refractivity contribution in [2.45, 2.75) is 19.9 Å². The van der Waals surface area contributed by atoms with Gasteiger partial charge >= 0.3 is 0 Å². The molecule has 1 aliphatic rings. The first-order chi connectivity index (χ1) is 13.9. The van der Waals surface area contributed by atoms with E-state index >= 15 is 0 Å². The van der Waals surface area contributed by atoms with E-state index in [0.29, 0.717) is 37.1 Å². The second kappa shape index (κ2) is 7.50. The smallest absolute Gasteiger partial charge is 0.272 e. The number of aromatic nitrogens is 4. The van der Waals surface area contributed by atoms with Gasteiger partial charge in [0.15, 0.2) is 0 Å². The highest BCUT2D eigenvalue weighted by molar-refractivity contribution is 5.92. The molecule has 0 aliphatic carbocycles. The summed E-state index contributed by atoms with van der Waals surface area (Å²) in [5.41, 5.74) is 1.39. The number of nitrogens with one attached hydrogen (secondary N) is 1. The maximum Gasteiger partial charge on any atom is 0.272 e. The summed E-state index contributed by atoms with van der Waals surface area (Å²) in [5, 5.41) is 0.596. The van der Waals surface area contributed by atoms with Crippen molar-refractivity contribution in [3.05, 3.63) is 63.3 Å². The maximum absolute atomic E-state index is 12.6. The fraction of sp³-hybridized carbons (Fsp3) is 0.350. The lowest BCUT2D eigenvalue weighted by molar-refractivity contribution is 0.0740. The largest absolute Gasteiger partial charge is 0.368 e. The van der Waals surface area contributed by atoms with Crippen LogP contribution in [0.3, 0.4) is 0 Å². The van der Waals surface area contributed by atoms with E-state index in [4.69, 9.17) is 0 Å². The van der Waals surface area contributed by atoms with Crippen molar-refractivity contribution in [3.8, 4) is 0 Å². The molecular weight excluding hydrogens is 372 g/mol. The van der Waals surface area contributed by atoms with E-state index in [9.17, 15) is 14.4 Å². The van der Waals surface area contributed by atoms with Crippen LogP contribution in [-0.2, 0) is 0 Å². The first-order valence-electron chi connectivity index (χ1n) is 9.54. The second-order valence-corrected chi connectivity index (χ2v) is 7.33. The van der Waals surface area contributed by atoms with Crippen molar-refractivity contribution in [1.82, 2.24) is 24.4 Å². The van der Waals surface area contributed by atoms with E-state index in [2.05, 4.69) is 19.9 Å². The van der Waals surface area contributed by atoms with E-state index < -0.39 is 0 Å². The van der Waals surface area contributed by atoms with Crippen LogP contribution in [0.15, 0.2) is 46.5 Å². The number of anilines is 1. The van der Waals surface area contributed by atoms with Gasteiger partial charge in [-0.25, -0.2) is 9.97 Å². The lowest BCUT2D eigenvalue weighted by Crippen LogP contribution is -2.49. The highest BCUT2D eigenvalue weighted by Crippen LogP contribution is 2.21. The van der Waals surface area contributed by atoms with Gasteiger partial charge in [0.2, 0.25) is 0 Å². The molecule has 1 aliphatic heterocycles. The molecule has 0 bridgehead atoms. The average Bonchev–Trinajstić information content (AvgIpc) is 2.73. The minimum absolute atomic E-state index is 0.0442. The zero-order valence-corrected chi connectivity index (χ0v) is 16.3. The van der Waals surface area contributed by atoms with Crippen LogP contribution < -0.4 is 16.0 Å². The third kappa shape index (κ3) is 3.63. The van der Waals surface area contributed by atoms with Crippen LogP contribution in [0.4, 0.5) is 5.69 Å². The molecule has 1 saturated heterocycles. The number of piperazine rings is 1. The van der Waals surface area contributed by atoms with E-state index in [1.54, 1.807) is 15.8 Å². The molecule has 1 fully saturated rings. The third-order valence-corrected chi connectivity index (χ3v) is 5.15. The Morgan fingerprint density at radius 2 is 1.83 bits per heavy atom. The van der Waals surface area contributed by atoms with Gasteiger partial charge in [-0.3, -0.25) is 19.0 Å². The summed E-state index contributed by atoms with van der Waals surface area (Å²) < 4.78 is 1.62. The highest BCUT2D eigenvalue weighted by Gasteiger charge is 2.23. The van der Waals surface area contributed by atoms with E-state index in [1.807, 2.05) is 32.0 Å². The van der Waals surface area contributed by atoms with Gasteiger partial charge in [-0.05, 0) is 32.0 Å². The van der Waals surface area contributed by atoms with Crippen LogP contribution in [0.2, 0.25) is 0 Å². The lowest BCUT2D eigenvalue weighted by Gasteiger charge is -2.36. The quantitative estimate of drug-likeness (QED) is 0.711. The molecule has 9 heteroatoms. The van der Waals surface area contributed by atoms with Crippen LogP contribution in [0.25, 0.3) is 10.9 Å². The predicted molar refractivity (Wildman–Crippen MR) is 109 cm³/mol. The number of H-pyrrole nitrogens is 1. The molecule has 0 radical (unpaired) electrons. The first-order valence-corrected chi connectivity index (χ1v) is 9.54. The number of nitrogens with zero attached hydrogens (tertiary/aromatic N) is 5. The average molecular weight is 394 g/mol. The minimum Gasteiger partial charge on any atom is -0.368 e. The van der Waals surface area contributed by atoms with Gasteiger partial charge in [0.1, 0.15) is 5.69 Å². The number of aromatic amines is 1. The number of hydrogen-bond donors (Lipinski definition) is 1. The van der Waals surface area contributed by atoms with Crippen molar-refractivity contribution < 1.29 is 4.79 Å². The summed E-state index contributed by atoms with van der Waals surface area (Å²) in [7, 11) is 0. The molecule has 9 nitrogen and oxygen atoms in total. The number of benzene rings is 1. The summed E-state index contributed by atoms with van der Waals surface area (Å²) in [6, 6.07) is 6.92. The predicted octanol–water partition coefficient (Wildman–Crippen LogP) is 1.02. The van der Waals surface area contributed by atoms with E-state index in [1.165, 1.54) is 12.4 Å². The summed E-state index contributed by atoms with van der Waals surface area (Å²) in [5.74, 6) is -0.245. The molecule has 29 heavy (non-hydrogen) atoms. The Hall–Kier alpha value is -3.49. The number of rotatable bonds is 3. The molecule has 1 N–H and O–H groups in total. The normalized spacial score (nSPS) is 14.6. The van der Waals surface area contributed by atoms with Gasteiger partial charge in [-0.1, -0.05) is 0 Å². The minimum atomic E-state index is -0.345. The van der Waals surface area contributed by atoms with Crippen molar-refractivity contribution in [2.75, 3.05) is 31.1 Å². The van der Waals surface area contributed by atoms with Gasteiger partial charge in [0.05, 0.1) is 23.6 Å². The summed E-state index contributed by atoms with van der Waals surface area (Å²) >= 11 is 0. The molecule has 1 aromatic carbocycles. The Morgan fingerprint density at radius 1 is 1.07 bits per heavy atom. The monoisotopic (exact) mass is 394 g/mol. The van der Waals surface area contributed by atoms with Crippen molar-refractivity contribution >= 4 is 22.5 Å². The second-order valence-electron chi connectivity index (χ2n) is 7.33. The van der Waals surface area contributed by atoms with E-state index in [0.717, 1.165) is 5.69 Å². The number of carbonyl (C=O) groups excluding carboxylic acids is 1. The van der Waals surface area contributed by atoms with Gasteiger partial charge in [0.25, 0.3) is 17.0 Å². The Morgan fingerprint density at radius 3 is 2.52 bits per heavy atom. The first kappa shape index (κ1) is 18.9. The van der Waals surface area contributed by atoms with Gasteiger partial charge < -0.3 is 14.8 Å². The lowest BCUT2D eigenvalue weighted by atomic mass is 10.2. The molecule has 0 atom stereocenters. The SMILES string of the molecule is CC(C)n1cnc2cc(N3CCN(C(=O)c4cc(=O)[nH]cn4)CC3)ccc2c1=O. The summed E-state index contributed by atoms with van der Waals surface area (Å²) in [4.78, 5) is 51.2. The van der Waals surface area contributed by atoms with E-state index in [-0.39, 0.29) is 28.8 Å². The number of fused-ring (bicyclic) bond motifs is 1. The molecule has 3 aromatic rings. The molecule has 2 aromatic heterocycles. The Bertz CT molecular complexity index is 1170. The number of hydrogen-bond acceptors (Lipinski definition) is 6. The van der Waals surface area contributed by atoms with Crippen molar-refractivity contribution in [1.29, 1.82) is 0 Å². The summed E-state index contributed by atoms with van der Waals surface area (Å²) in [6.07, 6.45) is 2.82. The van der Waals surface area contributed by atoms with Gasteiger partial charge in [-0.15, -0.1) is 0 Å². The Kier molecular flexibility index (Phi) is 4.87. The molecule has 0 unspecified atom stereocenters. The molecular formula is C20H22N6O3. The van der Waals surface area contributed by atoms with Crippen LogP contribution in [0, 0.1) is 0 Å². The number of carbonyl (C=O) groups is 1. The molecule has 3 heterocycles. The van der Waals surface area contributed by atoms with Crippen LogP contribution in [0.1, 0.15) is 30.4 Å². The highest BCUT2D eigenvalue weighted by atomic mass is 16.2. The van der Waals surface area contributed by atoms with Crippen LogP contribution >= 0.6 is 0 Å². The maximum atomic E-state index is 12.6. The van der Waals surface area contributed by atoms with Crippen molar-refractivity contribution in [2.24, 2.45) is 0 Å². The topological polar surface area (TPSA) is 104 Å². The zero-order valence-electron chi connectivity index (χ0n) is 16.3. The fourth-order valence-corrected chi connectivity index (χ4v) is 3.50. The molecule has 1 amide bonds. The van der Waals surface area contributed by atoms with Crippen LogP contribution in [0.5, 0.6) is 0 Å². The Balaban J connectivity index is 1.50. The zero-order chi connectivity index (χ0) is 20.5. The Labute approximate surface area is 166 Å². The fourth-order valence-electron chi connectivity index (χ4n) is 3.50. The molecule has 4 rings (SSSR count). The molecule has 0 saturated carbocycles.